The molecule has 2 aromatic heterocycles. The van der Waals surface area contributed by atoms with E-state index in [0.29, 0.717) is 33.4 Å². The van der Waals surface area contributed by atoms with Crippen LogP contribution < -0.4 is 10.6 Å². The molecule has 4 amide bonds. The number of amides is 4. The minimum Gasteiger partial charge on any atom is -0.430 e. The lowest BCUT2D eigenvalue weighted by atomic mass is 10.0. The van der Waals surface area contributed by atoms with Crippen molar-refractivity contribution in [1.82, 2.24) is 10.6 Å². The number of nitrogens with one attached hydrogen (secondary N) is 2. The van der Waals surface area contributed by atoms with Gasteiger partial charge in [-0.2, -0.15) is 0 Å². The summed E-state index contributed by atoms with van der Waals surface area (Å²) >= 11 is 2.49. The van der Waals surface area contributed by atoms with E-state index in [2.05, 4.69) is 10.6 Å². The fourth-order valence-electron chi connectivity index (χ4n) is 4.63. The van der Waals surface area contributed by atoms with Gasteiger partial charge in [0, 0.05) is 11.1 Å². The smallest absolute Gasteiger partial charge is 0.415 e. The van der Waals surface area contributed by atoms with Crippen molar-refractivity contribution in [2.45, 2.75) is 18.0 Å². The Hall–Kier alpha value is -4.69. The molecular weight excluding hydrogens is 596 g/mol. The molecule has 5 heterocycles. The van der Waals surface area contributed by atoms with Gasteiger partial charge in [-0.1, -0.05) is 60.7 Å². The standard InChI is InChI=1S/C16H13NO5S.C14H9NO4S/c18-14-13(22-15(19)17-14)11-6-7-12(23-11)16(20-8-9-21-16)10-4-2-1-3-5-10;16-11(8-4-2-1-3-5-8)9-6-7-10(20-9)12-13(17)15-14(18)19-12/h1-7,13H,8-9H2,(H,17,18,19);1-7,12H,(H,15,17,18). The van der Waals surface area contributed by atoms with Crippen LogP contribution in [0, 0.1) is 0 Å². The van der Waals surface area contributed by atoms with E-state index >= 15 is 0 Å². The highest BCUT2D eigenvalue weighted by atomic mass is 32.1. The highest BCUT2D eigenvalue weighted by Crippen LogP contribution is 2.43. The molecule has 2 N–H and O–H groups in total. The number of carbonyl (C=O) groups excluding carboxylic acids is 5. The van der Waals surface area contributed by atoms with Crippen molar-refractivity contribution in [1.29, 1.82) is 0 Å². The number of ether oxygens (including phenoxy) is 4. The Morgan fingerprint density at radius 3 is 1.77 bits per heavy atom. The van der Waals surface area contributed by atoms with Gasteiger partial charge in [0.25, 0.3) is 11.8 Å². The second kappa shape index (κ2) is 11.9. The molecule has 43 heavy (non-hydrogen) atoms. The molecule has 3 aliphatic rings. The van der Waals surface area contributed by atoms with Crippen LogP contribution in [0.15, 0.2) is 84.9 Å². The van der Waals surface area contributed by atoms with Crippen LogP contribution >= 0.6 is 22.7 Å². The third-order valence-corrected chi connectivity index (χ3v) is 8.92. The van der Waals surface area contributed by atoms with Gasteiger partial charge in [-0.3, -0.25) is 25.0 Å². The van der Waals surface area contributed by atoms with E-state index < -0.39 is 42.0 Å². The largest absolute Gasteiger partial charge is 0.430 e. The van der Waals surface area contributed by atoms with E-state index in [4.69, 9.17) is 18.9 Å². The summed E-state index contributed by atoms with van der Waals surface area (Å²) in [7, 11) is 0. The minimum absolute atomic E-state index is 0.119. The first kappa shape index (κ1) is 28.4. The average Bonchev–Trinajstić information content (AvgIpc) is 3.85. The van der Waals surface area contributed by atoms with Gasteiger partial charge >= 0.3 is 12.2 Å². The third-order valence-electron chi connectivity index (χ3n) is 6.58. The number of hydrogen-bond acceptors (Lipinski definition) is 11. The number of carbonyl (C=O) groups is 5. The molecule has 3 fully saturated rings. The Bertz CT molecular complexity index is 1690. The molecule has 3 saturated heterocycles. The predicted octanol–water partition coefficient (Wildman–Crippen LogP) is 4.59. The van der Waals surface area contributed by atoms with Crippen molar-refractivity contribution in [2.75, 3.05) is 13.2 Å². The topological polar surface area (TPSA) is 146 Å². The quantitative estimate of drug-likeness (QED) is 0.296. The Balaban J connectivity index is 0.000000155. The van der Waals surface area contributed by atoms with Crippen LogP contribution in [0.5, 0.6) is 0 Å². The lowest BCUT2D eigenvalue weighted by Crippen LogP contribution is -2.27. The van der Waals surface area contributed by atoms with Gasteiger partial charge in [-0.05, 0) is 24.3 Å². The lowest BCUT2D eigenvalue weighted by Gasteiger charge is -2.26. The molecule has 0 bridgehead atoms. The van der Waals surface area contributed by atoms with Crippen molar-refractivity contribution in [3.05, 3.63) is 116 Å². The minimum atomic E-state index is -0.969. The molecular formula is C30H22N2O9S2. The molecule has 11 nitrogen and oxygen atoms in total. The van der Waals surface area contributed by atoms with Crippen molar-refractivity contribution < 1.29 is 42.9 Å². The highest BCUT2D eigenvalue weighted by molar-refractivity contribution is 7.14. The maximum Gasteiger partial charge on any atom is 0.415 e. The van der Waals surface area contributed by atoms with Gasteiger partial charge in [0.05, 0.1) is 32.7 Å². The number of benzene rings is 2. The van der Waals surface area contributed by atoms with Crippen LogP contribution in [0.4, 0.5) is 9.59 Å². The zero-order valence-corrected chi connectivity index (χ0v) is 23.8. The second-order valence-electron chi connectivity index (χ2n) is 9.33. The summed E-state index contributed by atoms with van der Waals surface area (Å²) in [5.74, 6) is -2.05. The molecule has 4 aromatic rings. The maximum atomic E-state index is 12.2. The first-order valence-corrected chi connectivity index (χ1v) is 14.6. The predicted molar refractivity (Wildman–Crippen MR) is 152 cm³/mol. The molecule has 3 aliphatic heterocycles. The first-order chi connectivity index (χ1) is 20.8. The number of rotatable bonds is 6. The molecule has 13 heteroatoms. The van der Waals surface area contributed by atoms with Crippen LogP contribution in [0.25, 0.3) is 0 Å². The molecule has 7 rings (SSSR count). The number of cyclic esters (lactones) is 2. The number of alkyl carbamates (subject to hydrolysis) is 2. The van der Waals surface area contributed by atoms with E-state index in [0.717, 1.165) is 21.8 Å². The molecule has 218 valence electrons. The maximum absolute atomic E-state index is 12.2. The van der Waals surface area contributed by atoms with Crippen molar-refractivity contribution >= 4 is 52.5 Å². The van der Waals surface area contributed by atoms with Crippen LogP contribution in [-0.4, -0.2) is 43.0 Å². The summed E-state index contributed by atoms with van der Waals surface area (Å²) < 4.78 is 21.7. The lowest BCUT2D eigenvalue weighted by molar-refractivity contribution is -0.127. The van der Waals surface area contributed by atoms with E-state index in [1.54, 1.807) is 42.5 Å². The Kier molecular flexibility index (Phi) is 7.86. The van der Waals surface area contributed by atoms with Crippen molar-refractivity contribution in [3.63, 3.8) is 0 Å². The number of ketones is 1. The van der Waals surface area contributed by atoms with E-state index in [-0.39, 0.29) is 5.78 Å². The van der Waals surface area contributed by atoms with Crippen molar-refractivity contribution in [2.24, 2.45) is 0 Å². The summed E-state index contributed by atoms with van der Waals surface area (Å²) in [4.78, 5) is 60.1. The van der Waals surface area contributed by atoms with Crippen LogP contribution in [0.3, 0.4) is 0 Å². The normalized spacial score (nSPS) is 20.5. The fourth-order valence-corrected chi connectivity index (χ4v) is 6.78. The van der Waals surface area contributed by atoms with Gasteiger partial charge in [0.1, 0.15) is 0 Å². The summed E-state index contributed by atoms with van der Waals surface area (Å²) in [6.07, 6.45) is -3.34. The van der Waals surface area contributed by atoms with E-state index in [9.17, 15) is 24.0 Å². The monoisotopic (exact) mass is 618 g/mol. The van der Waals surface area contributed by atoms with Gasteiger partial charge in [-0.25, -0.2) is 9.59 Å². The second-order valence-corrected chi connectivity index (χ2v) is 11.6. The number of imide groups is 2. The molecule has 0 radical (unpaired) electrons. The first-order valence-electron chi connectivity index (χ1n) is 13.0. The summed E-state index contributed by atoms with van der Waals surface area (Å²) in [6, 6.07) is 25.4. The molecule has 2 atom stereocenters. The zero-order valence-electron chi connectivity index (χ0n) is 22.1. The van der Waals surface area contributed by atoms with Gasteiger partial charge in [0.2, 0.25) is 23.8 Å². The summed E-state index contributed by atoms with van der Waals surface area (Å²) in [5.41, 5.74) is 1.47. The van der Waals surface area contributed by atoms with E-state index in [1.807, 2.05) is 42.5 Å². The number of hydrogen-bond donors (Lipinski definition) is 2. The molecule has 2 aromatic carbocycles. The molecule has 0 aliphatic carbocycles. The third kappa shape index (κ3) is 5.70. The summed E-state index contributed by atoms with van der Waals surface area (Å²) in [6.45, 7) is 0.974. The Morgan fingerprint density at radius 1 is 0.674 bits per heavy atom. The Morgan fingerprint density at radius 2 is 1.21 bits per heavy atom. The van der Waals surface area contributed by atoms with E-state index in [1.165, 1.54) is 11.3 Å². The van der Waals surface area contributed by atoms with Crippen LogP contribution in [0.1, 0.15) is 47.6 Å². The van der Waals surface area contributed by atoms with Crippen LogP contribution in [-0.2, 0) is 34.3 Å². The van der Waals surface area contributed by atoms with Crippen molar-refractivity contribution in [3.8, 4) is 0 Å². The highest BCUT2D eigenvalue weighted by Gasteiger charge is 2.43. The van der Waals surface area contributed by atoms with Gasteiger partial charge < -0.3 is 18.9 Å². The molecule has 0 saturated carbocycles. The van der Waals surface area contributed by atoms with Gasteiger partial charge in [0.15, 0.2) is 0 Å². The fraction of sp³-hybridized carbons (Fsp3) is 0.167. The summed E-state index contributed by atoms with van der Waals surface area (Å²) in [5, 5.41) is 4.19. The molecule has 0 spiro atoms. The zero-order chi connectivity index (χ0) is 30.0. The Labute approximate surface area is 252 Å². The SMILES string of the molecule is O=C1NC(=O)C(c2ccc(C(=O)c3ccccc3)s2)O1.O=C1NC(=O)C(c2ccc(C3(c4ccccc4)OCCO3)s2)O1. The molecule has 2 unspecified atom stereocenters. The average molecular weight is 619 g/mol. The van der Waals surface area contributed by atoms with Gasteiger partial charge in [-0.15, -0.1) is 22.7 Å². The van der Waals surface area contributed by atoms with Crippen LogP contribution in [0.2, 0.25) is 0 Å². The number of thiophene rings is 2.